The molecule has 0 spiro atoms. The molecule has 1 aliphatic rings. The minimum Gasteiger partial charge on any atom is -0.477 e. The van der Waals surface area contributed by atoms with E-state index in [0.29, 0.717) is 23.0 Å². The summed E-state index contributed by atoms with van der Waals surface area (Å²) in [5.41, 5.74) is 1.46. The van der Waals surface area contributed by atoms with Crippen LogP contribution in [-0.2, 0) is 11.3 Å². The molecule has 2 aromatic carbocycles. The van der Waals surface area contributed by atoms with Crippen molar-refractivity contribution < 1.29 is 13.9 Å². The summed E-state index contributed by atoms with van der Waals surface area (Å²) in [4.78, 5) is 29.0. The summed E-state index contributed by atoms with van der Waals surface area (Å²) < 4.78 is 10.9. The minimum atomic E-state index is -0.396. The highest BCUT2D eigenvalue weighted by Gasteiger charge is 2.18. The molecule has 1 saturated heterocycles. The Bertz CT molecular complexity index is 1110. The summed E-state index contributed by atoms with van der Waals surface area (Å²) >= 11 is 5.90. The molecule has 166 valence electrons. The van der Waals surface area contributed by atoms with Gasteiger partial charge in [0.1, 0.15) is 12.0 Å². The van der Waals surface area contributed by atoms with Gasteiger partial charge < -0.3 is 19.4 Å². The predicted molar refractivity (Wildman–Crippen MR) is 124 cm³/mol. The van der Waals surface area contributed by atoms with Crippen LogP contribution in [0.15, 0.2) is 76.1 Å². The zero-order valence-electron chi connectivity index (χ0n) is 17.5. The standard InChI is InChI=1S/C24H24ClN3O4/c25-18-5-4-6-19(13-18)26-24(30)17-32-23-16-31-21(14-22(23)29)15-27-9-11-28(12-10-27)20-7-2-1-3-8-20/h1-8,13-14,16H,9-12,15,17H2,(H,26,30). The van der Waals surface area contributed by atoms with Crippen molar-refractivity contribution in [2.24, 2.45) is 0 Å². The summed E-state index contributed by atoms with van der Waals surface area (Å²) in [6.07, 6.45) is 1.27. The molecule has 1 amide bonds. The van der Waals surface area contributed by atoms with E-state index in [0.717, 1.165) is 26.2 Å². The highest BCUT2D eigenvalue weighted by molar-refractivity contribution is 6.30. The number of carbonyl (C=O) groups excluding carboxylic acids is 1. The fraction of sp³-hybridized carbons (Fsp3) is 0.250. The number of ether oxygens (including phenoxy) is 1. The first kappa shape index (κ1) is 21.9. The van der Waals surface area contributed by atoms with Crippen LogP contribution in [0, 0.1) is 0 Å². The molecule has 0 radical (unpaired) electrons. The molecule has 0 saturated carbocycles. The normalized spacial score (nSPS) is 14.2. The van der Waals surface area contributed by atoms with Crippen LogP contribution in [0.5, 0.6) is 5.75 Å². The first-order valence-electron chi connectivity index (χ1n) is 10.4. The quantitative estimate of drug-likeness (QED) is 0.588. The van der Waals surface area contributed by atoms with Crippen molar-refractivity contribution in [3.8, 4) is 5.75 Å². The Labute approximate surface area is 191 Å². The Balaban J connectivity index is 1.26. The molecule has 1 fully saturated rings. The van der Waals surface area contributed by atoms with Crippen LogP contribution in [0.3, 0.4) is 0 Å². The Kier molecular flexibility index (Phi) is 7.09. The van der Waals surface area contributed by atoms with E-state index in [2.05, 4.69) is 27.2 Å². The largest absolute Gasteiger partial charge is 0.477 e. The summed E-state index contributed by atoms with van der Waals surface area (Å²) in [6, 6.07) is 18.5. The monoisotopic (exact) mass is 453 g/mol. The third-order valence-electron chi connectivity index (χ3n) is 5.19. The molecule has 1 aliphatic heterocycles. The van der Waals surface area contributed by atoms with E-state index in [4.69, 9.17) is 20.8 Å². The molecule has 32 heavy (non-hydrogen) atoms. The highest BCUT2D eigenvalue weighted by atomic mass is 35.5. The first-order chi connectivity index (χ1) is 15.6. The number of nitrogens with zero attached hydrogens (tertiary/aromatic N) is 2. The molecular weight excluding hydrogens is 430 g/mol. The number of nitrogens with one attached hydrogen (secondary N) is 1. The van der Waals surface area contributed by atoms with Gasteiger partial charge in [0.15, 0.2) is 6.61 Å². The maximum absolute atomic E-state index is 12.4. The van der Waals surface area contributed by atoms with Crippen molar-refractivity contribution >= 4 is 28.9 Å². The van der Waals surface area contributed by atoms with Crippen LogP contribution in [0.4, 0.5) is 11.4 Å². The lowest BCUT2D eigenvalue weighted by atomic mass is 10.2. The van der Waals surface area contributed by atoms with Gasteiger partial charge >= 0.3 is 0 Å². The van der Waals surface area contributed by atoms with Crippen molar-refractivity contribution in [1.29, 1.82) is 0 Å². The lowest BCUT2D eigenvalue weighted by molar-refractivity contribution is -0.118. The van der Waals surface area contributed by atoms with Gasteiger partial charge in [-0.3, -0.25) is 14.5 Å². The molecule has 8 heteroatoms. The summed E-state index contributed by atoms with van der Waals surface area (Å²) in [6.45, 7) is 3.82. The van der Waals surface area contributed by atoms with Gasteiger partial charge in [-0.05, 0) is 30.3 Å². The third-order valence-corrected chi connectivity index (χ3v) is 5.43. The van der Waals surface area contributed by atoms with Crippen LogP contribution in [-0.4, -0.2) is 43.6 Å². The second kappa shape index (κ2) is 10.3. The molecule has 0 bridgehead atoms. The van der Waals surface area contributed by atoms with Gasteiger partial charge in [0.2, 0.25) is 11.2 Å². The number of amides is 1. The van der Waals surface area contributed by atoms with Gasteiger partial charge in [-0.25, -0.2) is 0 Å². The SMILES string of the molecule is O=C(COc1coc(CN2CCN(c3ccccc3)CC2)cc1=O)Nc1cccc(Cl)c1. The van der Waals surface area contributed by atoms with Crippen molar-refractivity contribution in [3.63, 3.8) is 0 Å². The molecule has 3 aromatic rings. The van der Waals surface area contributed by atoms with Crippen LogP contribution in [0.2, 0.25) is 5.02 Å². The number of para-hydroxylation sites is 1. The molecule has 0 atom stereocenters. The lowest BCUT2D eigenvalue weighted by Gasteiger charge is -2.35. The second-order valence-corrected chi connectivity index (χ2v) is 7.96. The van der Waals surface area contributed by atoms with Gasteiger partial charge in [0.25, 0.3) is 5.91 Å². The summed E-state index contributed by atoms with van der Waals surface area (Å²) in [5.74, 6) is 0.176. The van der Waals surface area contributed by atoms with Crippen LogP contribution < -0.4 is 20.4 Å². The molecular formula is C24H24ClN3O4. The molecule has 0 aliphatic carbocycles. The lowest BCUT2D eigenvalue weighted by Crippen LogP contribution is -2.46. The molecule has 1 N–H and O–H groups in total. The van der Waals surface area contributed by atoms with Crippen molar-refractivity contribution in [2.45, 2.75) is 6.54 Å². The second-order valence-electron chi connectivity index (χ2n) is 7.52. The fourth-order valence-electron chi connectivity index (χ4n) is 3.56. The first-order valence-corrected chi connectivity index (χ1v) is 10.8. The summed E-state index contributed by atoms with van der Waals surface area (Å²) in [7, 11) is 0. The Morgan fingerprint density at radius 3 is 2.53 bits per heavy atom. The zero-order chi connectivity index (χ0) is 22.3. The van der Waals surface area contributed by atoms with E-state index < -0.39 is 5.91 Å². The highest BCUT2D eigenvalue weighted by Crippen LogP contribution is 2.17. The maximum atomic E-state index is 12.4. The maximum Gasteiger partial charge on any atom is 0.262 e. The number of halogens is 1. The number of rotatable bonds is 7. The van der Waals surface area contributed by atoms with E-state index in [-0.39, 0.29) is 17.8 Å². The van der Waals surface area contributed by atoms with Gasteiger partial charge in [-0.2, -0.15) is 0 Å². The minimum absolute atomic E-state index is 0.00360. The average Bonchev–Trinajstić information content (AvgIpc) is 2.80. The molecule has 1 aromatic heterocycles. The fourth-order valence-corrected chi connectivity index (χ4v) is 3.75. The van der Waals surface area contributed by atoms with Gasteiger partial charge in [-0.15, -0.1) is 0 Å². The van der Waals surface area contributed by atoms with Gasteiger partial charge in [0.05, 0.1) is 6.54 Å². The van der Waals surface area contributed by atoms with Crippen molar-refractivity contribution in [3.05, 3.63) is 87.9 Å². The van der Waals surface area contributed by atoms with Crippen molar-refractivity contribution in [1.82, 2.24) is 4.90 Å². The number of hydrogen-bond donors (Lipinski definition) is 1. The number of hydrogen-bond acceptors (Lipinski definition) is 6. The molecule has 7 nitrogen and oxygen atoms in total. The number of benzene rings is 2. The molecule has 4 rings (SSSR count). The van der Waals surface area contributed by atoms with Crippen LogP contribution >= 0.6 is 11.6 Å². The van der Waals surface area contributed by atoms with Crippen LogP contribution in [0.1, 0.15) is 5.76 Å². The topological polar surface area (TPSA) is 75.0 Å². The van der Waals surface area contributed by atoms with Crippen molar-refractivity contribution in [2.75, 3.05) is 43.0 Å². The van der Waals surface area contributed by atoms with Gasteiger partial charge in [0, 0.05) is 48.6 Å². The predicted octanol–water partition coefficient (Wildman–Crippen LogP) is 3.63. The molecule has 2 heterocycles. The summed E-state index contributed by atoms with van der Waals surface area (Å²) in [5, 5.41) is 3.18. The van der Waals surface area contributed by atoms with Crippen LogP contribution in [0.25, 0.3) is 0 Å². The van der Waals surface area contributed by atoms with E-state index in [1.165, 1.54) is 18.0 Å². The smallest absolute Gasteiger partial charge is 0.262 e. The average molecular weight is 454 g/mol. The molecule has 0 unspecified atom stereocenters. The zero-order valence-corrected chi connectivity index (χ0v) is 18.3. The number of anilines is 2. The third kappa shape index (κ3) is 5.90. The van der Waals surface area contributed by atoms with E-state index in [1.54, 1.807) is 24.3 Å². The number of piperazine rings is 1. The van der Waals surface area contributed by atoms with E-state index in [1.807, 2.05) is 18.2 Å². The van der Waals surface area contributed by atoms with E-state index in [9.17, 15) is 9.59 Å². The Morgan fingerprint density at radius 1 is 1.03 bits per heavy atom. The number of carbonyl (C=O) groups is 1. The Morgan fingerprint density at radius 2 is 1.81 bits per heavy atom. The van der Waals surface area contributed by atoms with Gasteiger partial charge in [-0.1, -0.05) is 35.9 Å². The Hall–Kier alpha value is -3.29. The van der Waals surface area contributed by atoms with E-state index >= 15 is 0 Å².